The zero-order chi connectivity index (χ0) is 17.7. The van der Waals surface area contributed by atoms with Crippen molar-refractivity contribution in [2.45, 2.75) is 33.2 Å². The molecule has 2 N–H and O–H groups in total. The fraction of sp³-hybridized carbons (Fsp3) is 0.353. The Balaban J connectivity index is 2.29. The molecule has 0 aliphatic rings. The zero-order valence-electron chi connectivity index (χ0n) is 14.2. The summed E-state index contributed by atoms with van der Waals surface area (Å²) >= 11 is 6.21. The Hall–Kier alpha value is -2.34. The van der Waals surface area contributed by atoms with E-state index >= 15 is 0 Å². The average molecular weight is 349 g/mol. The molecule has 1 aromatic carbocycles. The third-order valence-electron chi connectivity index (χ3n) is 3.49. The molecule has 0 saturated carbocycles. The van der Waals surface area contributed by atoms with E-state index in [2.05, 4.69) is 34.4 Å². The van der Waals surface area contributed by atoms with Gasteiger partial charge in [0, 0.05) is 12.1 Å². The van der Waals surface area contributed by atoms with E-state index in [1.165, 1.54) is 7.11 Å². The first-order chi connectivity index (χ1) is 11.4. The third kappa shape index (κ3) is 4.58. The van der Waals surface area contributed by atoms with Crippen LogP contribution in [0, 0.1) is 6.92 Å². The largest absolute Gasteiger partial charge is 0.465 e. The van der Waals surface area contributed by atoms with Crippen LogP contribution < -0.4 is 10.6 Å². The van der Waals surface area contributed by atoms with E-state index in [0.29, 0.717) is 34.0 Å². The zero-order valence-corrected chi connectivity index (χ0v) is 14.9. The number of rotatable bonds is 6. The number of ether oxygens (including phenoxy) is 1. The molecule has 0 fully saturated rings. The van der Waals surface area contributed by atoms with Crippen molar-refractivity contribution in [1.29, 1.82) is 0 Å². The van der Waals surface area contributed by atoms with E-state index in [1.54, 1.807) is 24.3 Å². The van der Waals surface area contributed by atoms with Gasteiger partial charge in [-0.25, -0.2) is 14.8 Å². The Morgan fingerprint density at radius 3 is 2.67 bits per heavy atom. The standard InChI is InChI=1S/C17H21ClN4O2/c1-5-10(2)19-15-9-16(21-11(3)20-15)22-14-8-12(17(23)24-4)6-7-13(14)18/h6-10H,5H2,1-4H3,(H2,19,20,21,22). The summed E-state index contributed by atoms with van der Waals surface area (Å²) in [5, 5.41) is 6.93. The minimum absolute atomic E-state index is 0.304. The van der Waals surface area contributed by atoms with Gasteiger partial charge in [0.2, 0.25) is 0 Å². The van der Waals surface area contributed by atoms with Crippen LogP contribution in [0.1, 0.15) is 36.5 Å². The lowest BCUT2D eigenvalue weighted by molar-refractivity contribution is 0.0601. The lowest BCUT2D eigenvalue weighted by Crippen LogP contribution is -2.15. The first-order valence-electron chi connectivity index (χ1n) is 7.70. The van der Waals surface area contributed by atoms with Gasteiger partial charge in [-0.3, -0.25) is 0 Å². The van der Waals surface area contributed by atoms with Crippen molar-refractivity contribution in [3.63, 3.8) is 0 Å². The fourth-order valence-electron chi connectivity index (χ4n) is 2.06. The van der Waals surface area contributed by atoms with Gasteiger partial charge in [-0.15, -0.1) is 0 Å². The van der Waals surface area contributed by atoms with Gasteiger partial charge in [0.1, 0.15) is 17.5 Å². The molecule has 7 heteroatoms. The van der Waals surface area contributed by atoms with Crippen LogP contribution in [-0.4, -0.2) is 29.1 Å². The molecule has 0 radical (unpaired) electrons. The Labute approximate surface area is 146 Å². The van der Waals surface area contributed by atoms with E-state index in [4.69, 9.17) is 16.3 Å². The van der Waals surface area contributed by atoms with Crippen LogP contribution in [0.15, 0.2) is 24.3 Å². The maximum absolute atomic E-state index is 11.7. The molecule has 2 rings (SSSR count). The normalized spacial score (nSPS) is 11.7. The molecule has 1 heterocycles. The molecule has 1 atom stereocenters. The van der Waals surface area contributed by atoms with E-state index in [1.807, 2.05) is 6.92 Å². The molecule has 1 aromatic heterocycles. The van der Waals surface area contributed by atoms with Crippen molar-refractivity contribution >= 4 is 34.9 Å². The molecular formula is C17H21ClN4O2. The maximum Gasteiger partial charge on any atom is 0.337 e. The molecule has 0 spiro atoms. The molecule has 2 aromatic rings. The SMILES string of the molecule is CCC(C)Nc1cc(Nc2cc(C(=O)OC)ccc2Cl)nc(C)n1. The van der Waals surface area contributed by atoms with Crippen LogP contribution in [0.2, 0.25) is 5.02 Å². The second-order valence-electron chi connectivity index (χ2n) is 5.45. The van der Waals surface area contributed by atoms with Crippen molar-refractivity contribution in [2.75, 3.05) is 17.7 Å². The molecule has 0 aliphatic heterocycles. The number of benzene rings is 1. The lowest BCUT2D eigenvalue weighted by Gasteiger charge is -2.14. The van der Waals surface area contributed by atoms with Crippen molar-refractivity contribution in [1.82, 2.24) is 9.97 Å². The number of esters is 1. The van der Waals surface area contributed by atoms with Gasteiger partial charge in [-0.1, -0.05) is 18.5 Å². The number of halogens is 1. The third-order valence-corrected chi connectivity index (χ3v) is 3.82. The maximum atomic E-state index is 11.7. The summed E-state index contributed by atoms with van der Waals surface area (Å²) in [6.07, 6.45) is 0.985. The quantitative estimate of drug-likeness (QED) is 0.763. The Morgan fingerprint density at radius 1 is 1.29 bits per heavy atom. The molecule has 0 bridgehead atoms. The van der Waals surface area contributed by atoms with Crippen LogP contribution in [-0.2, 0) is 4.74 Å². The van der Waals surface area contributed by atoms with Crippen LogP contribution >= 0.6 is 11.6 Å². The second-order valence-corrected chi connectivity index (χ2v) is 5.86. The molecule has 1 unspecified atom stereocenters. The van der Waals surface area contributed by atoms with Gasteiger partial charge in [-0.05, 0) is 38.5 Å². The number of aryl methyl sites for hydroxylation is 1. The summed E-state index contributed by atoms with van der Waals surface area (Å²) in [5.41, 5.74) is 0.986. The topological polar surface area (TPSA) is 76.1 Å². The second kappa shape index (κ2) is 7.97. The highest BCUT2D eigenvalue weighted by atomic mass is 35.5. The molecule has 24 heavy (non-hydrogen) atoms. The van der Waals surface area contributed by atoms with Crippen LogP contribution in [0.5, 0.6) is 0 Å². The van der Waals surface area contributed by atoms with Gasteiger partial charge in [0.15, 0.2) is 0 Å². The Kier molecular flexibility index (Phi) is 5.98. The van der Waals surface area contributed by atoms with Gasteiger partial charge in [0.05, 0.1) is 23.4 Å². The van der Waals surface area contributed by atoms with Gasteiger partial charge < -0.3 is 15.4 Å². The van der Waals surface area contributed by atoms with Crippen molar-refractivity contribution in [2.24, 2.45) is 0 Å². The minimum atomic E-state index is -0.423. The molecular weight excluding hydrogens is 328 g/mol. The summed E-state index contributed by atoms with van der Waals surface area (Å²) in [6.45, 7) is 6.00. The predicted molar refractivity (Wildman–Crippen MR) is 96.2 cm³/mol. The summed E-state index contributed by atoms with van der Waals surface area (Å²) in [6, 6.07) is 7.00. The fourth-order valence-corrected chi connectivity index (χ4v) is 2.23. The number of aromatic nitrogens is 2. The predicted octanol–water partition coefficient (Wildman–Crippen LogP) is 4.18. The van der Waals surface area contributed by atoms with Crippen LogP contribution in [0.25, 0.3) is 0 Å². The summed E-state index contributed by atoms with van der Waals surface area (Å²) in [5.74, 6) is 1.54. The molecule has 0 aliphatic carbocycles. The van der Waals surface area contributed by atoms with Gasteiger partial charge >= 0.3 is 5.97 Å². The summed E-state index contributed by atoms with van der Waals surface area (Å²) < 4.78 is 4.73. The van der Waals surface area contributed by atoms with Crippen LogP contribution in [0.4, 0.5) is 17.3 Å². The number of hydrogen-bond donors (Lipinski definition) is 2. The van der Waals surface area contributed by atoms with Crippen LogP contribution in [0.3, 0.4) is 0 Å². The first kappa shape index (κ1) is 18.0. The van der Waals surface area contributed by atoms with E-state index in [9.17, 15) is 4.79 Å². The minimum Gasteiger partial charge on any atom is -0.465 e. The number of hydrogen-bond acceptors (Lipinski definition) is 6. The average Bonchev–Trinajstić information content (AvgIpc) is 2.55. The Morgan fingerprint density at radius 2 is 2.00 bits per heavy atom. The van der Waals surface area contributed by atoms with Crippen molar-refractivity contribution in [3.8, 4) is 0 Å². The van der Waals surface area contributed by atoms with E-state index in [0.717, 1.165) is 12.2 Å². The van der Waals surface area contributed by atoms with Gasteiger partial charge in [-0.2, -0.15) is 0 Å². The number of anilines is 3. The van der Waals surface area contributed by atoms with Gasteiger partial charge in [0.25, 0.3) is 0 Å². The van der Waals surface area contributed by atoms with E-state index < -0.39 is 5.97 Å². The van der Waals surface area contributed by atoms with Crippen molar-refractivity contribution < 1.29 is 9.53 Å². The summed E-state index contributed by atoms with van der Waals surface area (Å²) in [4.78, 5) is 20.4. The first-order valence-corrected chi connectivity index (χ1v) is 8.07. The highest BCUT2D eigenvalue weighted by Gasteiger charge is 2.11. The summed E-state index contributed by atoms with van der Waals surface area (Å²) in [7, 11) is 1.34. The lowest BCUT2D eigenvalue weighted by atomic mass is 10.2. The smallest absolute Gasteiger partial charge is 0.337 e. The number of carbonyl (C=O) groups excluding carboxylic acids is 1. The number of carbonyl (C=O) groups is 1. The van der Waals surface area contributed by atoms with Crippen molar-refractivity contribution in [3.05, 3.63) is 40.7 Å². The number of nitrogens with one attached hydrogen (secondary N) is 2. The molecule has 0 amide bonds. The highest BCUT2D eigenvalue weighted by Crippen LogP contribution is 2.27. The van der Waals surface area contributed by atoms with E-state index in [-0.39, 0.29) is 0 Å². The Bertz CT molecular complexity index is 737. The molecule has 6 nitrogen and oxygen atoms in total. The highest BCUT2D eigenvalue weighted by molar-refractivity contribution is 6.33. The number of nitrogens with zero attached hydrogens (tertiary/aromatic N) is 2. The molecule has 0 saturated heterocycles. The monoisotopic (exact) mass is 348 g/mol. The number of methoxy groups -OCH3 is 1. The molecule has 128 valence electrons.